The Morgan fingerprint density at radius 3 is 2.58 bits per heavy atom. The van der Waals surface area contributed by atoms with Gasteiger partial charge >= 0.3 is 0 Å². The van der Waals surface area contributed by atoms with E-state index in [9.17, 15) is 9.59 Å². The Morgan fingerprint density at radius 2 is 1.82 bits per heavy atom. The molecule has 0 spiro atoms. The van der Waals surface area contributed by atoms with Crippen LogP contribution >= 0.6 is 11.6 Å². The number of nitrogens with one attached hydrogen (secondary N) is 1. The lowest BCUT2D eigenvalue weighted by Gasteiger charge is -2.43. The van der Waals surface area contributed by atoms with E-state index in [0.29, 0.717) is 34.0 Å². The second-order valence-corrected chi connectivity index (χ2v) is 8.94. The van der Waals surface area contributed by atoms with Crippen molar-refractivity contribution in [3.05, 3.63) is 88.4 Å². The van der Waals surface area contributed by atoms with E-state index in [1.165, 1.54) is 0 Å². The molecule has 0 saturated carbocycles. The lowest BCUT2D eigenvalue weighted by atomic mass is 9.80. The lowest BCUT2D eigenvalue weighted by Crippen LogP contribution is -2.59. The van der Waals surface area contributed by atoms with Crippen LogP contribution in [0.5, 0.6) is 5.75 Å². The molecule has 3 aromatic rings. The molecule has 0 fully saturated rings. The molecule has 0 radical (unpaired) electrons. The number of carbonyl (C=O) groups excluding carboxylic acids is 2. The van der Waals surface area contributed by atoms with Crippen molar-refractivity contribution in [3.63, 3.8) is 0 Å². The third-order valence-corrected chi connectivity index (χ3v) is 6.74. The van der Waals surface area contributed by atoms with E-state index in [2.05, 4.69) is 5.32 Å². The van der Waals surface area contributed by atoms with Gasteiger partial charge in [0.1, 0.15) is 11.8 Å². The van der Waals surface area contributed by atoms with Gasteiger partial charge in [0.15, 0.2) is 5.54 Å². The van der Waals surface area contributed by atoms with Crippen LogP contribution in [0.2, 0.25) is 5.02 Å². The van der Waals surface area contributed by atoms with Gasteiger partial charge in [0.2, 0.25) is 5.91 Å². The quantitative estimate of drug-likeness (QED) is 0.636. The van der Waals surface area contributed by atoms with Gasteiger partial charge in [0.25, 0.3) is 5.91 Å². The van der Waals surface area contributed by atoms with Crippen molar-refractivity contribution in [1.29, 1.82) is 0 Å². The first kappa shape index (κ1) is 21.3. The molecule has 0 bridgehead atoms. The van der Waals surface area contributed by atoms with Crippen LogP contribution in [-0.2, 0) is 21.5 Å². The molecule has 2 aliphatic heterocycles. The average Bonchev–Trinajstić information content (AvgIpc) is 3.33. The predicted molar refractivity (Wildman–Crippen MR) is 129 cm³/mol. The second kappa shape index (κ2) is 7.81. The van der Waals surface area contributed by atoms with E-state index < -0.39 is 11.6 Å². The summed E-state index contributed by atoms with van der Waals surface area (Å²) >= 11 is 6.45. The van der Waals surface area contributed by atoms with E-state index in [4.69, 9.17) is 16.3 Å². The van der Waals surface area contributed by atoms with Gasteiger partial charge in [-0.05, 0) is 35.9 Å². The first-order valence-corrected chi connectivity index (χ1v) is 11.1. The van der Waals surface area contributed by atoms with E-state index in [1.807, 2.05) is 53.4 Å². The maximum Gasteiger partial charge on any atom is 0.259 e. The van der Waals surface area contributed by atoms with Crippen LogP contribution in [0, 0.1) is 0 Å². The van der Waals surface area contributed by atoms with Gasteiger partial charge in [-0.3, -0.25) is 9.59 Å². The van der Waals surface area contributed by atoms with Gasteiger partial charge in [0, 0.05) is 48.0 Å². The number of nitrogens with zero attached hydrogens (tertiary/aromatic N) is 2. The van der Waals surface area contributed by atoms with Crippen molar-refractivity contribution >= 4 is 34.8 Å². The summed E-state index contributed by atoms with van der Waals surface area (Å²) in [5, 5.41) is 3.55. The Balaban J connectivity index is 1.89. The summed E-state index contributed by atoms with van der Waals surface area (Å²) in [5.74, 6) is 0.224. The van der Waals surface area contributed by atoms with Gasteiger partial charge < -0.3 is 19.9 Å². The number of para-hydroxylation sites is 2. The molecule has 33 heavy (non-hydrogen) atoms. The van der Waals surface area contributed by atoms with Gasteiger partial charge in [-0.15, -0.1) is 0 Å². The highest BCUT2D eigenvalue weighted by molar-refractivity contribution is 6.31. The lowest BCUT2D eigenvalue weighted by molar-refractivity contribution is -0.130. The van der Waals surface area contributed by atoms with Crippen LogP contribution < -0.4 is 15.0 Å². The maximum atomic E-state index is 14.1. The number of anilines is 2. The topological polar surface area (TPSA) is 61.9 Å². The summed E-state index contributed by atoms with van der Waals surface area (Å²) in [6, 6.07) is 20.1. The molecule has 0 aliphatic carbocycles. The number of ether oxygens (including phenoxy) is 1. The van der Waals surface area contributed by atoms with Gasteiger partial charge in [-0.2, -0.15) is 0 Å². The number of fused-ring (bicyclic) bond motifs is 2. The van der Waals surface area contributed by atoms with E-state index in [0.717, 1.165) is 11.3 Å². The van der Waals surface area contributed by atoms with Crippen molar-refractivity contribution in [2.45, 2.75) is 18.0 Å². The third-order valence-electron chi connectivity index (χ3n) is 6.51. The van der Waals surface area contributed by atoms with E-state index >= 15 is 0 Å². The fourth-order valence-electron chi connectivity index (χ4n) is 5.14. The highest BCUT2D eigenvalue weighted by Gasteiger charge is 2.59. The summed E-state index contributed by atoms with van der Waals surface area (Å²) < 4.78 is 5.73. The number of benzene rings is 3. The molecule has 2 heterocycles. The van der Waals surface area contributed by atoms with Gasteiger partial charge in [-0.1, -0.05) is 48.0 Å². The van der Waals surface area contributed by atoms with Crippen molar-refractivity contribution in [2.24, 2.45) is 0 Å². The minimum atomic E-state index is -1.35. The third kappa shape index (κ3) is 3.01. The highest BCUT2D eigenvalue weighted by Crippen LogP contribution is 2.53. The first-order valence-electron chi connectivity index (χ1n) is 10.7. The summed E-state index contributed by atoms with van der Waals surface area (Å²) in [4.78, 5) is 31.1. The smallest absolute Gasteiger partial charge is 0.259 e. The largest absolute Gasteiger partial charge is 0.496 e. The molecule has 2 amide bonds. The minimum absolute atomic E-state index is 0.0799. The summed E-state index contributed by atoms with van der Waals surface area (Å²) in [6.45, 7) is 0. The molecule has 1 N–H and O–H groups in total. The summed E-state index contributed by atoms with van der Waals surface area (Å²) in [5.41, 5.74) is 2.50. The van der Waals surface area contributed by atoms with E-state index in [-0.39, 0.29) is 11.8 Å². The highest BCUT2D eigenvalue weighted by atomic mass is 35.5. The second-order valence-electron chi connectivity index (χ2n) is 8.51. The standard InChI is InChI=1S/C26H24ClN3O3/c1-29(2)24(31)22-14-16-8-4-6-10-21(16)30(22)26(18-9-5-7-11-23(18)33-3)19-15-17(27)12-13-20(19)28-25(26)32/h4-13,15,22H,14H2,1-3H3,(H,28,32)/t22-,26?/m0/s1. The van der Waals surface area contributed by atoms with Crippen molar-refractivity contribution < 1.29 is 14.3 Å². The molecule has 0 aromatic heterocycles. The predicted octanol–water partition coefficient (Wildman–Crippen LogP) is 4.06. The summed E-state index contributed by atoms with van der Waals surface area (Å²) in [6.07, 6.45) is 0.493. The number of amides is 2. The van der Waals surface area contributed by atoms with Gasteiger partial charge in [0.05, 0.1) is 7.11 Å². The zero-order valence-electron chi connectivity index (χ0n) is 18.6. The average molecular weight is 462 g/mol. The zero-order chi connectivity index (χ0) is 23.3. The Bertz CT molecular complexity index is 1280. The fourth-order valence-corrected chi connectivity index (χ4v) is 5.31. The van der Waals surface area contributed by atoms with Gasteiger partial charge in [-0.25, -0.2) is 0 Å². The number of methoxy groups -OCH3 is 1. The molecule has 2 aliphatic rings. The Hall–Kier alpha value is -3.51. The minimum Gasteiger partial charge on any atom is -0.496 e. The molecule has 6 nitrogen and oxygen atoms in total. The molecule has 7 heteroatoms. The number of hydrogen-bond donors (Lipinski definition) is 1. The van der Waals surface area contributed by atoms with Crippen LogP contribution in [0.3, 0.4) is 0 Å². The molecular weight excluding hydrogens is 438 g/mol. The monoisotopic (exact) mass is 461 g/mol. The first-order chi connectivity index (χ1) is 15.9. The van der Waals surface area contributed by atoms with Crippen LogP contribution in [0.4, 0.5) is 11.4 Å². The number of likely N-dealkylation sites (N-methyl/N-ethyl adjacent to an activating group) is 1. The SMILES string of the molecule is COc1ccccc1C1(N2c3ccccc3C[C@H]2C(=O)N(C)C)C(=O)Nc2ccc(Cl)cc21. The zero-order valence-corrected chi connectivity index (χ0v) is 19.4. The number of hydrogen-bond acceptors (Lipinski definition) is 4. The number of rotatable bonds is 4. The molecule has 2 atom stereocenters. The maximum absolute atomic E-state index is 14.1. The van der Waals surface area contributed by atoms with Crippen molar-refractivity contribution in [1.82, 2.24) is 4.90 Å². The Labute approximate surface area is 197 Å². The van der Waals surface area contributed by atoms with E-state index in [1.54, 1.807) is 44.3 Å². The normalized spacial score (nSPS) is 20.8. The molecule has 1 unspecified atom stereocenters. The van der Waals surface area contributed by atoms with Crippen molar-refractivity contribution in [2.75, 3.05) is 31.4 Å². The van der Waals surface area contributed by atoms with Crippen LogP contribution in [0.25, 0.3) is 0 Å². The Morgan fingerprint density at radius 1 is 1.09 bits per heavy atom. The molecule has 168 valence electrons. The molecule has 5 rings (SSSR count). The fraction of sp³-hybridized carbons (Fsp3) is 0.231. The van der Waals surface area contributed by atoms with Crippen LogP contribution in [0.15, 0.2) is 66.7 Å². The van der Waals surface area contributed by atoms with Crippen LogP contribution in [-0.4, -0.2) is 44.0 Å². The Kier molecular flexibility index (Phi) is 5.05. The van der Waals surface area contributed by atoms with Crippen molar-refractivity contribution in [3.8, 4) is 5.75 Å². The molecule has 3 aromatic carbocycles. The molecule has 0 saturated heterocycles. The molecular formula is C26H24ClN3O3. The summed E-state index contributed by atoms with van der Waals surface area (Å²) in [7, 11) is 5.05. The number of halogens is 1. The van der Waals surface area contributed by atoms with Crippen LogP contribution in [0.1, 0.15) is 16.7 Å². The number of carbonyl (C=O) groups is 2.